The SMILES string of the molecule is COc1ccc([N+](=O)[O-])cc1CNCC1(SC)CCCC1. The molecule has 1 aromatic carbocycles. The fourth-order valence-electron chi connectivity index (χ4n) is 2.91. The highest BCUT2D eigenvalue weighted by Gasteiger charge is 2.32. The van der Waals surface area contributed by atoms with Crippen LogP contribution in [0.5, 0.6) is 5.75 Å². The second-order valence-corrected chi connectivity index (χ2v) is 6.73. The predicted octanol–water partition coefficient (Wildman–Crippen LogP) is 3.37. The second kappa shape index (κ2) is 7.13. The second-order valence-electron chi connectivity index (χ2n) is 5.45. The third-order valence-electron chi connectivity index (χ3n) is 4.19. The molecule has 0 saturated heterocycles. The van der Waals surface area contributed by atoms with Crippen LogP contribution >= 0.6 is 11.8 Å². The lowest BCUT2D eigenvalue weighted by Gasteiger charge is -2.27. The number of nitrogens with zero attached hydrogens (tertiary/aromatic N) is 1. The summed E-state index contributed by atoms with van der Waals surface area (Å²) in [7, 11) is 1.59. The number of rotatable bonds is 7. The monoisotopic (exact) mass is 310 g/mol. The van der Waals surface area contributed by atoms with Crippen molar-refractivity contribution in [2.45, 2.75) is 37.0 Å². The zero-order valence-corrected chi connectivity index (χ0v) is 13.4. The Morgan fingerprint density at radius 3 is 2.71 bits per heavy atom. The van der Waals surface area contributed by atoms with Gasteiger partial charge in [0.25, 0.3) is 5.69 Å². The van der Waals surface area contributed by atoms with Crippen LogP contribution in [0, 0.1) is 10.1 Å². The summed E-state index contributed by atoms with van der Waals surface area (Å²) in [6.45, 7) is 1.52. The highest BCUT2D eigenvalue weighted by molar-refractivity contribution is 8.00. The van der Waals surface area contributed by atoms with Crippen LogP contribution in [0.15, 0.2) is 18.2 Å². The molecule has 1 aliphatic rings. The maximum absolute atomic E-state index is 10.9. The number of nitrogens with one attached hydrogen (secondary N) is 1. The Balaban J connectivity index is 2.01. The van der Waals surface area contributed by atoms with Crippen LogP contribution in [-0.2, 0) is 6.54 Å². The van der Waals surface area contributed by atoms with Crippen LogP contribution in [0.3, 0.4) is 0 Å². The molecule has 5 nitrogen and oxygen atoms in total. The molecule has 1 saturated carbocycles. The van der Waals surface area contributed by atoms with Crippen molar-refractivity contribution in [1.82, 2.24) is 5.32 Å². The fourth-order valence-corrected chi connectivity index (χ4v) is 3.86. The van der Waals surface area contributed by atoms with Gasteiger partial charge in [-0.3, -0.25) is 10.1 Å². The first-order chi connectivity index (χ1) is 10.1. The standard InChI is InChI=1S/C15H22N2O3S/c1-20-14-6-5-13(17(18)19)9-12(14)10-16-11-15(21-2)7-3-4-8-15/h5-6,9,16H,3-4,7-8,10-11H2,1-2H3. The number of non-ortho nitro benzene ring substituents is 1. The van der Waals surface area contributed by atoms with Crippen molar-refractivity contribution < 1.29 is 9.66 Å². The van der Waals surface area contributed by atoms with Crippen molar-refractivity contribution >= 4 is 17.4 Å². The molecule has 0 unspecified atom stereocenters. The molecule has 1 aromatic rings. The quantitative estimate of drug-likeness (QED) is 0.618. The van der Waals surface area contributed by atoms with Gasteiger partial charge in [0.2, 0.25) is 0 Å². The third-order valence-corrected chi connectivity index (χ3v) is 5.60. The van der Waals surface area contributed by atoms with Gasteiger partial charge in [0.1, 0.15) is 5.75 Å². The average molecular weight is 310 g/mol. The third kappa shape index (κ3) is 3.89. The maximum atomic E-state index is 10.9. The maximum Gasteiger partial charge on any atom is 0.270 e. The molecule has 116 valence electrons. The molecule has 0 aromatic heterocycles. The van der Waals surface area contributed by atoms with Crippen molar-refractivity contribution in [3.8, 4) is 5.75 Å². The number of nitro benzene ring substituents is 1. The van der Waals surface area contributed by atoms with Gasteiger partial charge in [-0.2, -0.15) is 11.8 Å². The normalized spacial score (nSPS) is 16.9. The molecule has 0 radical (unpaired) electrons. The van der Waals surface area contributed by atoms with Gasteiger partial charge >= 0.3 is 0 Å². The van der Waals surface area contributed by atoms with E-state index in [-0.39, 0.29) is 10.6 Å². The van der Waals surface area contributed by atoms with E-state index in [0.717, 1.165) is 12.1 Å². The molecule has 1 fully saturated rings. The molecule has 1 aliphatic carbocycles. The summed E-state index contributed by atoms with van der Waals surface area (Å²) in [6.07, 6.45) is 7.24. The van der Waals surface area contributed by atoms with E-state index in [4.69, 9.17) is 4.74 Å². The van der Waals surface area contributed by atoms with Crippen molar-refractivity contribution in [2.75, 3.05) is 19.9 Å². The van der Waals surface area contributed by atoms with Gasteiger partial charge in [-0.15, -0.1) is 0 Å². The van der Waals surface area contributed by atoms with Gasteiger partial charge < -0.3 is 10.1 Å². The fraction of sp³-hybridized carbons (Fsp3) is 0.600. The van der Waals surface area contributed by atoms with E-state index in [1.807, 2.05) is 11.8 Å². The molecule has 6 heteroatoms. The van der Waals surface area contributed by atoms with Crippen molar-refractivity contribution in [2.24, 2.45) is 0 Å². The summed E-state index contributed by atoms with van der Waals surface area (Å²) >= 11 is 1.93. The van der Waals surface area contributed by atoms with E-state index in [0.29, 0.717) is 17.0 Å². The Labute approximate surface area is 129 Å². The first-order valence-electron chi connectivity index (χ1n) is 7.17. The highest BCUT2D eigenvalue weighted by atomic mass is 32.2. The Morgan fingerprint density at radius 1 is 1.43 bits per heavy atom. The van der Waals surface area contributed by atoms with E-state index in [1.165, 1.54) is 31.7 Å². The van der Waals surface area contributed by atoms with E-state index < -0.39 is 0 Å². The number of hydrogen-bond acceptors (Lipinski definition) is 5. The lowest BCUT2D eigenvalue weighted by molar-refractivity contribution is -0.384. The van der Waals surface area contributed by atoms with Gasteiger partial charge in [0.05, 0.1) is 12.0 Å². The Morgan fingerprint density at radius 2 is 2.14 bits per heavy atom. The Bertz CT molecular complexity index is 502. The minimum absolute atomic E-state index is 0.105. The zero-order valence-electron chi connectivity index (χ0n) is 12.6. The molecule has 1 N–H and O–H groups in total. The molecule has 0 aliphatic heterocycles. The molecule has 0 atom stereocenters. The molecule has 21 heavy (non-hydrogen) atoms. The van der Waals surface area contributed by atoms with E-state index in [2.05, 4.69) is 11.6 Å². The molecular weight excluding hydrogens is 288 g/mol. The number of benzene rings is 1. The van der Waals surface area contributed by atoms with Gasteiger partial charge in [-0.1, -0.05) is 12.8 Å². The van der Waals surface area contributed by atoms with Crippen LogP contribution in [0.25, 0.3) is 0 Å². The molecule has 0 amide bonds. The topological polar surface area (TPSA) is 64.4 Å². The van der Waals surface area contributed by atoms with Crippen LogP contribution in [0.4, 0.5) is 5.69 Å². The highest BCUT2D eigenvalue weighted by Crippen LogP contribution is 2.39. The van der Waals surface area contributed by atoms with E-state index in [9.17, 15) is 10.1 Å². The molecule has 0 heterocycles. The van der Waals surface area contributed by atoms with Crippen LogP contribution in [0.1, 0.15) is 31.2 Å². The summed E-state index contributed by atoms with van der Waals surface area (Å²) < 4.78 is 5.61. The van der Waals surface area contributed by atoms with Gasteiger partial charge in [0.15, 0.2) is 0 Å². The Hall–Kier alpha value is -1.27. The molecule has 0 spiro atoms. The number of methoxy groups -OCH3 is 1. The lowest BCUT2D eigenvalue weighted by atomic mass is 10.1. The number of hydrogen-bond donors (Lipinski definition) is 1. The summed E-state index contributed by atoms with van der Waals surface area (Å²) in [5.41, 5.74) is 0.939. The summed E-state index contributed by atoms with van der Waals surface area (Å²) in [5.74, 6) is 0.692. The number of nitro groups is 1. The summed E-state index contributed by atoms with van der Waals surface area (Å²) in [4.78, 5) is 10.5. The number of thioether (sulfide) groups is 1. The van der Waals surface area contributed by atoms with Crippen molar-refractivity contribution in [1.29, 1.82) is 0 Å². The molecular formula is C15H22N2O3S. The largest absolute Gasteiger partial charge is 0.496 e. The molecule has 2 rings (SSSR count). The lowest BCUT2D eigenvalue weighted by Crippen LogP contribution is -2.34. The van der Waals surface area contributed by atoms with Crippen LogP contribution in [-0.4, -0.2) is 29.6 Å². The van der Waals surface area contributed by atoms with E-state index in [1.54, 1.807) is 19.2 Å². The van der Waals surface area contributed by atoms with Crippen LogP contribution < -0.4 is 10.1 Å². The summed E-state index contributed by atoms with van der Waals surface area (Å²) in [5, 5.41) is 14.3. The van der Waals surface area contributed by atoms with Gasteiger partial charge in [-0.25, -0.2) is 0 Å². The van der Waals surface area contributed by atoms with Crippen molar-refractivity contribution in [3.05, 3.63) is 33.9 Å². The van der Waals surface area contributed by atoms with Crippen molar-refractivity contribution in [3.63, 3.8) is 0 Å². The first kappa shape index (κ1) is 16.1. The van der Waals surface area contributed by atoms with E-state index >= 15 is 0 Å². The predicted molar refractivity (Wildman–Crippen MR) is 86.1 cm³/mol. The van der Waals surface area contributed by atoms with Crippen LogP contribution in [0.2, 0.25) is 0 Å². The van der Waals surface area contributed by atoms with Gasteiger partial charge in [0, 0.05) is 35.5 Å². The summed E-state index contributed by atoms with van der Waals surface area (Å²) in [6, 6.07) is 4.73. The van der Waals surface area contributed by atoms with Gasteiger partial charge in [-0.05, 0) is 25.2 Å². The number of ether oxygens (including phenoxy) is 1. The molecule has 0 bridgehead atoms. The zero-order chi connectivity index (χ0) is 15.3. The minimum atomic E-state index is -0.372. The smallest absolute Gasteiger partial charge is 0.270 e. The average Bonchev–Trinajstić information content (AvgIpc) is 2.96. The Kier molecular flexibility index (Phi) is 5.47. The minimum Gasteiger partial charge on any atom is -0.496 e. The first-order valence-corrected chi connectivity index (χ1v) is 8.40.